The number of carbonyl (C=O) groups is 1. The van der Waals surface area contributed by atoms with Crippen LogP contribution in [0.5, 0.6) is 0 Å². The maximum absolute atomic E-state index is 10.8. The first kappa shape index (κ1) is 12.5. The second-order valence-corrected chi connectivity index (χ2v) is 3.77. The van der Waals surface area contributed by atoms with E-state index in [9.17, 15) is 20.1 Å². The number of hydrogen-bond acceptors (Lipinski definition) is 6. The van der Waals surface area contributed by atoms with Gasteiger partial charge < -0.3 is 25.2 Å². The van der Waals surface area contributed by atoms with E-state index >= 15 is 0 Å². The number of hydrogen-bond donors (Lipinski definition) is 4. The highest BCUT2D eigenvalue weighted by Gasteiger charge is 2.43. The van der Waals surface area contributed by atoms with Crippen LogP contribution >= 0.6 is 0 Å². The van der Waals surface area contributed by atoms with E-state index in [1.807, 2.05) is 0 Å². The Bertz CT molecular complexity index is 229. The molecule has 4 N–H and O–H groups in total. The van der Waals surface area contributed by atoms with Gasteiger partial charge in [-0.2, -0.15) is 0 Å². The molecule has 0 radical (unpaired) electrons. The van der Waals surface area contributed by atoms with Gasteiger partial charge in [0.15, 0.2) is 0 Å². The topological polar surface area (TPSA) is 107 Å². The predicted octanol–water partition coefficient (Wildman–Crippen LogP) is -2.19. The third-order valence-electron chi connectivity index (χ3n) is 2.48. The van der Waals surface area contributed by atoms with Gasteiger partial charge in [0, 0.05) is 6.42 Å². The largest absolute Gasteiger partial charge is 0.394 e. The van der Waals surface area contributed by atoms with Gasteiger partial charge in [-0.25, -0.2) is 0 Å². The van der Waals surface area contributed by atoms with E-state index in [0.717, 1.165) is 0 Å². The van der Waals surface area contributed by atoms with Crippen molar-refractivity contribution in [2.75, 3.05) is 6.61 Å². The quantitative estimate of drug-likeness (QED) is 0.430. The van der Waals surface area contributed by atoms with Crippen molar-refractivity contribution in [3.05, 3.63) is 0 Å². The highest BCUT2D eigenvalue weighted by molar-refractivity contribution is 5.76. The number of ether oxygens (including phenoxy) is 1. The summed E-state index contributed by atoms with van der Waals surface area (Å²) in [5, 5.41) is 37.2. The Labute approximate surface area is 87.1 Å². The average molecular weight is 220 g/mol. The Hall–Kier alpha value is -0.530. The summed E-state index contributed by atoms with van der Waals surface area (Å²) in [7, 11) is 0. The zero-order valence-electron chi connectivity index (χ0n) is 8.41. The van der Waals surface area contributed by atoms with Crippen LogP contribution in [0.4, 0.5) is 0 Å². The van der Waals surface area contributed by atoms with E-state index in [4.69, 9.17) is 9.84 Å². The molecule has 1 aliphatic rings. The van der Waals surface area contributed by atoms with Crippen LogP contribution in [-0.2, 0) is 9.53 Å². The molecule has 0 unspecified atom stereocenters. The van der Waals surface area contributed by atoms with Crippen LogP contribution in [0.15, 0.2) is 0 Å². The monoisotopic (exact) mass is 220 g/mol. The summed E-state index contributed by atoms with van der Waals surface area (Å²) in [6, 6.07) is 0. The zero-order valence-corrected chi connectivity index (χ0v) is 8.41. The minimum absolute atomic E-state index is 0.0541. The Balaban J connectivity index is 2.69. The third-order valence-corrected chi connectivity index (χ3v) is 2.48. The molecule has 1 fully saturated rings. The molecule has 0 aliphatic carbocycles. The second kappa shape index (κ2) is 5.00. The molecule has 0 spiro atoms. The number of Topliss-reactive ketones (excluding diaryl/α,β-unsaturated/α-hetero) is 1. The molecule has 1 aliphatic heterocycles. The van der Waals surface area contributed by atoms with E-state index < -0.39 is 37.1 Å². The molecule has 6 heteroatoms. The molecular formula is C9H16O6. The minimum atomic E-state index is -1.40. The zero-order chi connectivity index (χ0) is 11.6. The van der Waals surface area contributed by atoms with Gasteiger partial charge in [-0.05, 0) is 6.92 Å². The highest BCUT2D eigenvalue weighted by atomic mass is 16.5. The summed E-state index contributed by atoms with van der Waals surface area (Å²) in [5.41, 5.74) is 0. The molecule has 0 bridgehead atoms. The lowest BCUT2D eigenvalue weighted by molar-refractivity contribution is -0.229. The number of rotatable bonds is 3. The summed E-state index contributed by atoms with van der Waals surface area (Å²) >= 11 is 0. The first-order chi connectivity index (χ1) is 6.97. The van der Waals surface area contributed by atoms with Gasteiger partial charge in [-0.1, -0.05) is 0 Å². The van der Waals surface area contributed by atoms with Crippen molar-refractivity contribution in [3.63, 3.8) is 0 Å². The first-order valence-corrected chi connectivity index (χ1v) is 4.77. The standard InChI is InChI=1S/C9H16O6/c1-4(11)2-5-7(12)9(14)8(13)6(3-10)15-5/h5-10,12-14H,2-3H2,1H3/t5-,6-,7-,8-,9-/m1/s1. The van der Waals surface area contributed by atoms with Crippen molar-refractivity contribution < 1.29 is 30.0 Å². The number of aliphatic hydroxyl groups excluding tert-OH is 4. The van der Waals surface area contributed by atoms with Gasteiger partial charge in [0.05, 0.1) is 12.7 Å². The van der Waals surface area contributed by atoms with Crippen LogP contribution in [0.1, 0.15) is 13.3 Å². The average Bonchev–Trinajstić information content (AvgIpc) is 2.18. The van der Waals surface area contributed by atoms with E-state index in [-0.39, 0.29) is 12.2 Å². The number of ketones is 1. The second-order valence-electron chi connectivity index (χ2n) is 3.77. The number of aliphatic hydroxyl groups is 4. The smallest absolute Gasteiger partial charge is 0.132 e. The van der Waals surface area contributed by atoms with Gasteiger partial charge >= 0.3 is 0 Å². The molecule has 5 atom stereocenters. The molecule has 0 aromatic carbocycles. The molecule has 6 nitrogen and oxygen atoms in total. The van der Waals surface area contributed by atoms with Gasteiger partial charge in [-0.15, -0.1) is 0 Å². The predicted molar refractivity (Wildman–Crippen MR) is 49.1 cm³/mol. The van der Waals surface area contributed by atoms with Crippen LogP contribution in [-0.4, -0.2) is 63.3 Å². The van der Waals surface area contributed by atoms with E-state index in [1.165, 1.54) is 6.92 Å². The summed E-state index contributed by atoms with van der Waals surface area (Å²) in [5.74, 6) is -0.195. The van der Waals surface area contributed by atoms with Crippen molar-refractivity contribution in [2.45, 2.75) is 43.9 Å². The fourth-order valence-electron chi connectivity index (χ4n) is 1.63. The van der Waals surface area contributed by atoms with Crippen LogP contribution in [0.3, 0.4) is 0 Å². The van der Waals surface area contributed by atoms with Crippen molar-refractivity contribution in [1.82, 2.24) is 0 Å². The SMILES string of the molecule is CC(=O)C[C@H]1O[C@H](CO)[C@@H](O)[C@H](O)[C@@H]1O. The maximum Gasteiger partial charge on any atom is 0.132 e. The van der Waals surface area contributed by atoms with Crippen LogP contribution < -0.4 is 0 Å². The summed E-state index contributed by atoms with van der Waals surface area (Å²) < 4.78 is 5.11. The lowest BCUT2D eigenvalue weighted by Crippen LogP contribution is -2.58. The Kier molecular flexibility index (Phi) is 4.18. The van der Waals surface area contributed by atoms with Crippen LogP contribution in [0, 0.1) is 0 Å². The lowest BCUT2D eigenvalue weighted by atomic mass is 9.93. The lowest BCUT2D eigenvalue weighted by Gasteiger charge is -2.39. The Morgan fingerprint density at radius 2 is 1.67 bits per heavy atom. The molecule has 1 saturated heterocycles. The summed E-state index contributed by atoms with van der Waals surface area (Å²) in [6.45, 7) is 0.862. The van der Waals surface area contributed by atoms with Gasteiger partial charge in [0.2, 0.25) is 0 Å². The van der Waals surface area contributed by atoms with Crippen LogP contribution in [0.25, 0.3) is 0 Å². The molecule has 1 heterocycles. The van der Waals surface area contributed by atoms with Crippen LogP contribution in [0.2, 0.25) is 0 Å². The molecule has 0 amide bonds. The molecular weight excluding hydrogens is 204 g/mol. The fraction of sp³-hybridized carbons (Fsp3) is 0.889. The van der Waals surface area contributed by atoms with Crippen molar-refractivity contribution in [2.24, 2.45) is 0 Å². The molecule has 15 heavy (non-hydrogen) atoms. The van der Waals surface area contributed by atoms with Gasteiger partial charge in [-0.3, -0.25) is 4.79 Å². The Morgan fingerprint density at radius 1 is 1.13 bits per heavy atom. The highest BCUT2D eigenvalue weighted by Crippen LogP contribution is 2.23. The fourth-order valence-corrected chi connectivity index (χ4v) is 1.63. The maximum atomic E-state index is 10.8. The Morgan fingerprint density at radius 3 is 2.13 bits per heavy atom. The van der Waals surface area contributed by atoms with E-state index in [1.54, 1.807) is 0 Å². The van der Waals surface area contributed by atoms with E-state index in [0.29, 0.717) is 0 Å². The van der Waals surface area contributed by atoms with E-state index in [2.05, 4.69) is 0 Å². The first-order valence-electron chi connectivity index (χ1n) is 4.77. The van der Waals surface area contributed by atoms with Crippen molar-refractivity contribution >= 4 is 5.78 Å². The third kappa shape index (κ3) is 2.73. The molecule has 0 saturated carbocycles. The van der Waals surface area contributed by atoms with Gasteiger partial charge in [0.25, 0.3) is 0 Å². The summed E-state index contributed by atoms with van der Waals surface area (Å²) in [4.78, 5) is 10.8. The molecule has 1 rings (SSSR count). The van der Waals surface area contributed by atoms with Crippen molar-refractivity contribution in [1.29, 1.82) is 0 Å². The van der Waals surface area contributed by atoms with Crippen molar-refractivity contribution in [3.8, 4) is 0 Å². The molecule has 0 aromatic heterocycles. The molecule has 0 aromatic rings. The summed E-state index contributed by atoms with van der Waals surface area (Å²) in [6.07, 6.45) is -5.95. The van der Waals surface area contributed by atoms with Gasteiger partial charge in [0.1, 0.15) is 30.2 Å². The molecule has 88 valence electrons. The minimum Gasteiger partial charge on any atom is -0.394 e. The normalized spacial score (nSPS) is 41.5. The number of carbonyl (C=O) groups excluding carboxylic acids is 1.